The molecule has 1 aliphatic rings. The van der Waals surface area contributed by atoms with E-state index in [1.54, 1.807) is 0 Å². The molecule has 0 heterocycles. The van der Waals surface area contributed by atoms with Crippen LogP contribution in [0.4, 0.5) is 0 Å². The lowest BCUT2D eigenvalue weighted by molar-refractivity contribution is 0.0334. The van der Waals surface area contributed by atoms with Crippen molar-refractivity contribution in [3.05, 3.63) is 35.9 Å². The molecule has 1 aromatic rings. The van der Waals surface area contributed by atoms with Crippen LogP contribution < -0.4 is 11.3 Å². The second-order valence-electron chi connectivity index (χ2n) is 6.18. The summed E-state index contributed by atoms with van der Waals surface area (Å²) in [7, 11) is 0. The summed E-state index contributed by atoms with van der Waals surface area (Å²) in [6, 6.07) is 11.0. The van der Waals surface area contributed by atoms with E-state index in [0.717, 1.165) is 0 Å². The van der Waals surface area contributed by atoms with Crippen molar-refractivity contribution in [3.8, 4) is 0 Å². The predicted octanol–water partition coefficient (Wildman–Crippen LogP) is 3.15. The summed E-state index contributed by atoms with van der Waals surface area (Å²) in [6.45, 7) is 4.82. The summed E-state index contributed by atoms with van der Waals surface area (Å²) in [5.74, 6) is 5.88. The lowest BCUT2D eigenvalue weighted by atomic mass is 9.65. The van der Waals surface area contributed by atoms with E-state index in [-0.39, 0.29) is 17.6 Å². The van der Waals surface area contributed by atoms with E-state index in [4.69, 9.17) is 10.6 Å². The molecule has 0 aromatic heterocycles. The fourth-order valence-corrected chi connectivity index (χ4v) is 3.45. The van der Waals surface area contributed by atoms with Crippen LogP contribution in [0, 0.1) is 0 Å². The van der Waals surface area contributed by atoms with Crippen LogP contribution in [0.5, 0.6) is 0 Å². The fraction of sp³-hybridized carbons (Fsp3) is 0.647. The standard InChI is InChI=1S/C17H28N2O/c1-14(2)20-13-16(19-18)17(11-7-4-8-12-17)15-9-5-3-6-10-15/h3,5-6,9-10,14,16,19H,4,7-8,11-13,18H2,1-2H3. The highest BCUT2D eigenvalue weighted by Crippen LogP contribution is 2.42. The minimum atomic E-state index is 0.114. The van der Waals surface area contributed by atoms with Crippen LogP contribution >= 0.6 is 0 Å². The van der Waals surface area contributed by atoms with Gasteiger partial charge < -0.3 is 4.74 Å². The first-order valence-electron chi connectivity index (χ1n) is 7.82. The Kier molecular flexibility index (Phi) is 5.58. The average Bonchev–Trinajstić information content (AvgIpc) is 2.49. The molecular weight excluding hydrogens is 248 g/mol. The molecule has 0 radical (unpaired) electrons. The Hall–Kier alpha value is -0.900. The van der Waals surface area contributed by atoms with Crippen molar-refractivity contribution < 1.29 is 4.74 Å². The van der Waals surface area contributed by atoms with Crippen molar-refractivity contribution in [1.82, 2.24) is 5.43 Å². The van der Waals surface area contributed by atoms with Gasteiger partial charge in [-0.3, -0.25) is 11.3 Å². The van der Waals surface area contributed by atoms with Crippen molar-refractivity contribution in [2.24, 2.45) is 5.84 Å². The molecule has 1 fully saturated rings. The molecule has 3 nitrogen and oxygen atoms in total. The zero-order chi connectivity index (χ0) is 14.4. The Morgan fingerprint density at radius 1 is 1.15 bits per heavy atom. The zero-order valence-electron chi connectivity index (χ0n) is 12.8. The number of hydrogen-bond donors (Lipinski definition) is 2. The van der Waals surface area contributed by atoms with E-state index in [0.29, 0.717) is 6.61 Å². The highest BCUT2D eigenvalue weighted by Gasteiger charge is 2.41. The third-order valence-electron chi connectivity index (χ3n) is 4.56. The number of hydrazine groups is 1. The van der Waals surface area contributed by atoms with Gasteiger partial charge in [-0.15, -0.1) is 0 Å². The van der Waals surface area contributed by atoms with Gasteiger partial charge in [0.1, 0.15) is 0 Å². The van der Waals surface area contributed by atoms with Gasteiger partial charge in [0.2, 0.25) is 0 Å². The summed E-state index contributed by atoms with van der Waals surface area (Å²) in [5, 5.41) is 0. The lowest BCUT2D eigenvalue weighted by Crippen LogP contribution is -2.55. The largest absolute Gasteiger partial charge is 0.377 e. The molecule has 3 heteroatoms. The SMILES string of the molecule is CC(C)OCC(NN)C1(c2ccccc2)CCCCC1. The Morgan fingerprint density at radius 2 is 1.80 bits per heavy atom. The zero-order valence-corrected chi connectivity index (χ0v) is 12.8. The van der Waals surface area contributed by atoms with Gasteiger partial charge in [0.25, 0.3) is 0 Å². The van der Waals surface area contributed by atoms with Gasteiger partial charge in [0.05, 0.1) is 18.8 Å². The van der Waals surface area contributed by atoms with E-state index < -0.39 is 0 Å². The number of ether oxygens (including phenoxy) is 1. The normalized spacial score (nSPS) is 20.0. The van der Waals surface area contributed by atoms with E-state index in [1.165, 1.54) is 37.7 Å². The number of benzene rings is 1. The van der Waals surface area contributed by atoms with Gasteiger partial charge >= 0.3 is 0 Å². The summed E-state index contributed by atoms with van der Waals surface area (Å²) < 4.78 is 5.85. The smallest absolute Gasteiger partial charge is 0.0645 e. The van der Waals surface area contributed by atoms with Crippen molar-refractivity contribution in [2.75, 3.05) is 6.61 Å². The first-order valence-corrected chi connectivity index (χ1v) is 7.82. The van der Waals surface area contributed by atoms with Crippen molar-refractivity contribution in [1.29, 1.82) is 0 Å². The van der Waals surface area contributed by atoms with E-state index in [9.17, 15) is 0 Å². The van der Waals surface area contributed by atoms with Crippen LogP contribution in [-0.4, -0.2) is 18.8 Å². The molecule has 0 aliphatic heterocycles. The number of nitrogens with two attached hydrogens (primary N) is 1. The maximum Gasteiger partial charge on any atom is 0.0645 e. The molecule has 112 valence electrons. The molecule has 1 aromatic carbocycles. The monoisotopic (exact) mass is 276 g/mol. The lowest BCUT2D eigenvalue weighted by Gasteiger charge is -2.44. The van der Waals surface area contributed by atoms with Gasteiger partial charge in [-0.1, -0.05) is 49.6 Å². The highest BCUT2D eigenvalue weighted by molar-refractivity contribution is 5.28. The number of hydrogen-bond acceptors (Lipinski definition) is 3. The molecule has 0 bridgehead atoms. The summed E-state index contributed by atoms with van der Waals surface area (Å²) in [5.41, 5.74) is 4.55. The molecule has 1 aliphatic carbocycles. The van der Waals surface area contributed by atoms with E-state index in [2.05, 4.69) is 49.6 Å². The predicted molar refractivity (Wildman–Crippen MR) is 83.4 cm³/mol. The summed E-state index contributed by atoms with van der Waals surface area (Å²) in [6.07, 6.45) is 6.49. The third kappa shape index (κ3) is 3.40. The second kappa shape index (κ2) is 7.21. The molecular formula is C17H28N2O. The van der Waals surface area contributed by atoms with Crippen LogP contribution in [0.2, 0.25) is 0 Å². The Morgan fingerprint density at radius 3 is 2.35 bits per heavy atom. The highest BCUT2D eigenvalue weighted by atomic mass is 16.5. The topological polar surface area (TPSA) is 47.3 Å². The molecule has 2 rings (SSSR count). The third-order valence-corrected chi connectivity index (χ3v) is 4.56. The summed E-state index contributed by atoms with van der Waals surface area (Å²) in [4.78, 5) is 0. The van der Waals surface area contributed by atoms with E-state index >= 15 is 0 Å². The van der Waals surface area contributed by atoms with Crippen LogP contribution in [0.3, 0.4) is 0 Å². The minimum Gasteiger partial charge on any atom is -0.377 e. The van der Waals surface area contributed by atoms with Gasteiger partial charge in [-0.25, -0.2) is 0 Å². The van der Waals surface area contributed by atoms with Gasteiger partial charge in [0.15, 0.2) is 0 Å². The van der Waals surface area contributed by atoms with Crippen molar-refractivity contribution >= 4 is 0 Å². The molecule has 1 unspecified atom stereocenters. The second-order valence-corrected chi connectivity index (χ2v) is 6.18. The Labute approximate surface area is 122 Å². The molecule has 0 amide bonds. The summed E-state index contributed by atoms with van der Waals surface area (Å²) >= 11 is 0. The van der Waals surface area contributed by atoms with Crippen molar-refractivity contribution in [2.45, 2.75) is 63.5 Å². The number of nitrogens with one attached hydrogen (secondary N) is 1. The maximum atomic E-state index is 5.88. The van der Waals surface area contributed by atoms with Gasteiger partial charge in [-0.05, 0) is 32.3 Å². The number of rotatable bonds is 6. The maximum absolute atomic E-state index is 5.88. The Balaban J connectivity index is 2.25. The van der Waals surface area contributed by atoms with Crippen molar-refractivity contribution in [3.63, 3.8) is 0 Å². The molecule has 0 spiro atoms. The Bertz CT molecular complexity index is 385. The molecule has 3 N–H and O–H groups in total. The van der Waals surface area contributed by atoms with E-state index in [1.807, 2.05) is 0 Å². The van der Waals surface area contributed by atoms with Crippen LogP contribution in [0.15, 0.2) is 30.3 Å². The first-order chi connectivity index (χ1) is 9.69. The van der Waals surface area contributed by atoms with Gasteiger partial charge in [0, 0.05) is 5.41 Å². The first kappa shape index (κ1) is 15.5. The van der Waals surface area contributed by atoms with Crippen LogP contribution in [0.1, 0.15) is 51.5 Å². The van der Waals surface area contributed by atoms with Gasteiger partial charge in [-0.2, -0.15) is 0 Å². The quantitative estimate of drug-likeness (QED) is 0.620. The molecule has 1 saturated carbocycles. The van der Waals surface area contributed by atoms with Crippen LogP contribution in [0.25, 0.3) is 0 Å². The minimum absolute atomic E-state index is 0.114. The average molecular weight is 276 g/mol. The molecule has 1 atom stereocenters. The molecule has 20 heavy (non-hydrogen) atoms. The van der Waals surface area contributed by atoms with Crippen LogP contribution in [-0.2, 0) is 10.2 Å². The molecule has 0 saturated heterocycles. The fourth-order valence-electron chi connectivity index (χ4n) is 3.45.